The van der Waals surface area contributed by atoms with Gasteiger partial charge < -0.3 is 19.9 Å². The lowest BCUT2D eigenvalue weighted by Crippen LogP contribution is -2.38. The van der Waals surface area contributed by atoms with E-state index in [1.807, 2.05) is 6.92 Å². The standard InChI is InChI=1S/C25H22FN5O6/c1-14-10-16(15(2)30(14)21-9-8-17(31(35)36)12-22(21)37-3)11-20-24(33)29(25(34)28-20)13-23(32)27-19-7-5-4-6-18(19)26/h4-12H,13H2,1-3H3,(H,27,32)(H,28,34)/b20-11+. The van der Waals surface area contributed by atoms with E-state index in [4.69, 9.17) is 4.74 Å². The van der Waals surface area contributed by atoms with Crippen LogP contribution in [0, 0.1) is 29.8 Å². The van der Waals surface area contributed by atoms with E-state index >= 15 is 0 Å². The summed E-state index contributed by atoms with van der Waals surface area (Å²) in [4.78, 5) is 49.0. The molecule has 1 fully saturated rings. The number of aromatic nitrogens is 1. The first-order valence-electron chi connectivity index (χ1n) is 11.0. The molecule has 4 rings (SSSR count). The molecule has 2 aromatic carbocycles. The number of methoxy groups -OCH3 is 1. The van der Waals surface area contributed by atoms with E-state index in [0.717, 1.165) is 10.6 Å². The van der Waals surface area contributed by atoms with Gasteiger partial charge in [-0.3, -0.25) is 19.7 Å². The van der Waals surface area contributed by atoms with Crippen molar-refractivity contribution >= 4 is 35.3 Å². The van der Waals surface area contributed by atoms with E-state index in [1.54, 1.807) is 23.6 Å². The Balaban J connectivity index is 1.58. The number of carbonyl (C=O) groups excluding carboxylic acids is 3. The maximum Gasteiger partial charge on any atom is 0.329 e. The van der Waals surface area contributed by atoms with Crippen LogP contribution >= 0.6 is 0 Å². The highest BCUT2D eigenvalue weighted by atomic mass is 19.1. The van der Waals surface area contributed by atoms with E-state index in [-0.39, 0.29) is 22.8 Å². The molecule has 1 aromatic heterocycles. The first-order valence-corrected chi connectivity index (χ1v) is 11.0. The number of aryl methyl sites for hydroxylation is 1. The number of carbonyl (C=O) groups is 3. The van der Waals surface area contributed by atoms with Crippen molar-refractivity contribution in [3.8, 4) is 11.4 Å². The van der Waals surface area contributed by atoms with Crippen LogP contribution in [0.5, 0.6) is 5.75 Å². The smallest absolute Gasteiger partial charge is 0.329 e. The molecule has 1 aliphatic heterocycles. The van der Waals surface area contributed by atoms with Crippen LogP contribution in [0.25, 0.3) is 11.8 Å². The maximum absolute atomic E-state index is 13.8. The van der Waals surface area contributed by atoms with Gasteiger partial charge in [-0.1, -0.05) is 12.1 Å². The zero-order valence-corrected chi connectivity index (χ0v) is 20.1. The average molecular weight is 507 g/mol. The van der Waals surface area contributed by atoms with Crippen LogP contribution in [-0.4, -0.2) is 45.9 Å². The molecule has 2 heterocycles. The molecule has 12 heteroatoms. The maximum atomic E-state index is 13.8. The molecule has 0 unspecified atom stereocenters. The molecule has 0 spiro atoms. The number of benzene rings is 2. The van der Waals surface area contributed by atoms with E-state index in [9.17, 15) is 28.9 Å². The van der Waals surface area contributed by atoms with E-state index in [1.165, 1.54) is 49.6 Å². The highest BCUT2D eigenvalue weighted by Crippen LogP contribution is 2.32. The third-order valence-corrected chi connectivity index (χ3v) is 5.80. The van der Waals surface area contributed by atoms with Crippen molar-refractivity contribution in [3.05, 3.63) is 87.1 Å². The number of imide groups is 1. The summed E-state index contributed by atoms with van der Waals surface area (Å²) in [6.45, 7) is 2.99. The lowest BCUT2D eigenvalue weighted by Gasteiger charge is -2.14. The number of urea groups is 1. The number of non-ortho nitro benzene ring substituents is 1. The topological polar surface area (TPSA) is 136 Å². The zero-order chi connectivity index (χ0) is 26.9. The Labute approximate surface area is 210 Å². The monoisotopic (exact) mass is 507 g/mol. The molecule has 3 aromatic rings. The molecule has 0 aliphatic carbocycles. The summed E-state index contributed by atoms with van der Waals surface area (Å²) in [5.41, 5.74) is 2.34. The van der Waals surface area contributed by atoms with Gasteiger partial charge in [-0.25, -0.2) is 14.1 Å². The predicted molar refractivity (Wildman–Crippen MR) is 132 cm³/mol. The molecule has 0 bridgehead atoms. The Kier molecular flexibility index (Phi) is 6.74. The van der Waals surface area contributed by atoms with Gasteiger partial charge in [-0.15, -0.1) is 0 Å². The number of nitro benzene ring substituents is 1. The Morgan fingerprint density at radius 1 is 1.19 bits per heavy atom. The number of para-hydroxylation sites is 1. The van der Waals surface area contributed by atoms with Crippen molar-refractivity contribution < 1.29 is 28.4 Å². The number of nitrogens with one attached hydrogen (secondary N) is 2. The number of nitrogens with zero attached hydrogens (tertiary/aromatic N) is 3. The van der Waals surface area contributed by atoms with E-state index < -0.39 is 35.1 Å². The van der Waals surface area contributed by atoms with Gasteiger partial charge in [0, 0.05) is 17.5 Å². The fourth-order valence-electron chi connectivity index (χ4n) is 4.04. The van der Waals surface area contributed by atoms with Crippen LogP contribution in [-0.2, 0) is 9.59 Å². The van der Waals surface area contributed by atoms with E-state index in [0.29, 0.717) is 16.9 Å². The SMILES string of the molecule is COc1cc([N+](=O)[O-])ccc1-n1c(C)cc(/C=C2/NC(=O)N(CC(=O)Nc3ccccc3F)C2=O)c1C. The van der Waals surface area contributed by atoms with Crippen molar-refractivity contribution in [1.82, 2.24) is 14.8 Å². The number of hydrogen-bond donors (Lipinski definition) is 2. The number of halogens is 1. The number of amides is 4. The fourth-order valence-corrected chi connectivity index (χ4v) is 4.04. The van der Waals surface area contributed by atoms with Crippen molar-refractivity contribution in [2.75, 3.05) is 19.0 Å². The Hall–Kier alpha value is -5.00. The van der Waals surface area contributed by atoms with Gasteiger partial charge >= 0.3 is 6.03 Å². The lowest BCUT2D eigenvalue weighted by molar-refractivity contribution is -0.384. The fraction of sp³-hybridized carbons (Fsp3) is 0.160. The summed E-state index contributed by atoms with van der Waals surface area (Å²) in [5.74, 6) is -1.81. The van der Waals surface area contributed by atoms with Crippen LogP contribution in [0.4, 0.5) is 20.6 Å². The number of hydrogen-bond acceptors (Lipinski definition) is 6. The molecular weight excluding hydrogens is 485 g/mol. The van der Waals surface area contributed by atoms with Crippen LogP contribution in [0.3, 0.4) is 0 Å². The highest BCUT2D eigenvalue weighted by Gasteiger charge is 2.35. The largest absolute Gasteiger partial charge is 0.494 e. The summed E-state index contributed by atoms with van der Waals surface area (Å²) in [6.07, 6.45) is 1.48. The second-order valence-corrected chi connectivity index (χ2v) is 8.18. The quantitative estimate of drug-likeness (QED) is 0.217. The molecular formula is C25H22FN5O6. The van der Waals surface area contributed by atoms with Crippen LogP contribution in [0.1, 0.15) is 17.0 Å². The van der Waals surface area contributed by atoms with Gasteiger partial charge in [-0.05, 0) is 49.8 Å². The van der Waals surface area contributed by atoms with Gasteiger partial charge in [-0.2, -0.15) is 0 Å². The van der Waals surface area contributed by atoms with Gasteiger partial charge in [0.2, 0.25) is 5.91 Å². The molecule has 190 valence electrons. The van der Waals surface area contributed by atoms with Crippen LogP contribution in [0.15, 0.2) is 54.2 Å². The second kappa shape index (κ2) is 9.93. The lowest BCUT2D eigenvalue weighted by atomic mass is 10.2. The molecule has 1 aliphatic rings. The molecule has 0 atom stereocenters. The van der Waals surface area contributed by atoms with Crippen LogP contribution in [0.2, 0.25) is 0 Å². The normalized spacial score (nSPS) is 14.2. The summed E-state index contributed by atoms with van der Waals surface area (Å²) < 4.78 is 21.0. The van der Waals surface area contributed by atoms with Gasteiger partial charge in [0.1, 0.15) is 23.8 Å². The highest BCUT2D eigenvalue weighted by molar-refractivity contribution is 6.16. The number of anilines is 1. The third kappa shape index (κ3) is 4.89. The van der Waals surface area contributed by atoms with Crippen molar-refractivity contribution in [3.63, 3.8) is 0 Å². The van der Waals surface area contributed by atoms with Gasteiger partial charge in [0.25, 0.3) is 11.6 Å². The van der Waals surface area contributed by atoms with Crippen molar-refractivity contribution in [2.24, 2.45) is 0 Å². The van der Waals surface area contributed by atoms with Crippen molar-refractivity contribution in [1.29, 1.82) is 0 Å². The first kappa shape index (κ1) is 25.1. The molecule has 37 heavy (non-hydrogen) atoms. The first-order chi connectivity index (χ1) is 17.6. The Morgan fingerprint density at radius 3 is 2.59 bits per heavy atom. The minimum absolute atomic E-state index is 0.0420. The predicted octanol–water partition coefficient (Wildman–Crippen LogP) is 3.68. The molecule has 1 saturated heterocycles. The Morgan fingerprint density at radius 2 is 1.92 bits per heavy atom. The van der Waals surface area contributed by atoms with Crippen LogP contribution < -0.4 is 15.4 Å². The summed E-state index contributed by atoms with van der Waals surface area (Å²) in [7, 11) is 1.41. The van der Waals surface area contributed by atoms with Gasteiger partial charge in [0.15, 0.2) is 0 Å². The Bertz CT molecular complexity index is 1480. The number of ether oxygens (including phenoxy) is 1. The molecule has 11 nitrogen and oxygen atoms in total. The minimum Gasteiger partial charge on any atom is -0.494 e. The molecule has 2 N–H and O–H groups in total. The summed E-state index contributed by atoms with van der Waals surface area (Å²) in [6, 6.07) is 10.8. The number of nitro groups is 1. The van der Waals surface area contributed by atoms with E-state index in [2.05, 4.69) is 10.6 Å². The average Bonchev–Trinajstić information content (AvgIpc) is 3.28. The molecule has 0 radical (unpaired) electrons. The van der Waals surface area contributed by atoms with Crippen molar-refractivity contribution in [2.45, 2.75) is 13.8 Å². The number of rotatable bonds is 7. The minimum atomic E-state index is -0.786. The summed E-state index contributed by atoms with van der Waals surface area (Å²) >= 11 is 0. The third-order valence-electron chi connectivity index (χ3n) is 5.80. The summed E-state index contributed by atoms with van der Waals surface area (Å²) in [5, 5.41) is 15.9. The zero-order valence-electron chi connectivity index (χ0n) is 20.1. The molecule has 0 saturated carbocycles. The second-order valence-electron chi connectivity index (χ2n) is 8.18. The molecule has 4 amide bonds. The van der Waals surface area contributed by atoms with Gasteiger partial charge in [0.05, 0.1) is 29.5 Å².